The highest BCUT2D eigenvalue weighted by Gasteiger charge is 2.34. The number of ether oxygens (including phenoxy) is 3. The lowest BCUT2D eigenvalue weighted by molar-refractivity contribution is 0.0371. The second kappa shape index (κ2) is 12.8. The van der Waals surface area contributed by atoms with Crippen molar-refractivity contribution in [3.8, 4) is 17.2 Å². The van der Waals surface area contributed by atoms with Gasteiger partial charge in [-0.3, -0.25) is 9.52 Å². The molecule has 0 saturated carbocycles. The summed E-state index contributed by atoms with van der Waals surface area (Å²) in [6.07, 6.45) is -0.556. The van der Waals surface area contributed by atoms with Gasteiger partial charge >= 0.3 is 6.03 Å². The van der Waals surface area contributed by atoms with Crippen LogP contribution in [-0.2, 0) is 10.0 Å². The van der Waals surface area contributed by atoms with Crippen LogP contribution in [0.2, 0.25) is 5.02 Å². The van der Waals surface area contributed by atoms with Gasteiger partial charge in [0.2, 0.25) is 6.79 Å². The number of sulfonamides is 1. The Balaban J connectivity index is 1.38. The van der Waals surface area contributed by atoms with Crippen LogP contribution < -0.4 is 24.2 Å². The maximum Gasteiger partial charge on any atom is 0.321 e. The molecule has 44 heavy (non-hydrogen) atoms. The molecule has 3 aromatic carbocycles. The Kier molecular flexibility index (Phi) is 9.09. The first kappa shape index (κ1) is 31.2. The van der Waals surface area contributed by atoms with Gasteiger partial charge in [0.1, 0.15) is 11.9 Å². The standard InChI is InChI=1S/C30H33ClN4O8S/c1-18-14-35(19(2)16-36)29(37)24-12-22(33-44(39,40)23-8-4-20(31)5-9-23)7-10-25(24)43-28(18)15-34(3)30(38)32-21-6-11-26-27(13-21)42-17-41-26/h4-13,18-19,28,33,36H,14-17H2,1-3H3,(H,32,38)/t18-,19-,28+/m1/s1. The zero-order chi connectivity index (χ0) is 31.6. The molecule has 2 aliphatic rings. The van der Waals surface area contributed by atoms with Gasteiger partial charge in [0.05, 0.1) is 29.7 Å². The van der Waals surface area contributed by atoms with Gasteiger partial charge in [-0.25, -0.2) is 13.2 Å². The van der Waals surface area contributed by atoms with Crippen molar-refractivity contribution in [1.82, 2.24) is 9.80 Å². The molecular formula is C30H33ClN4O8S. The maximum absolute atomic E-state index is 13.7. The third-order valence-corrected chi connectivity index (χ3v) is 9.11. The largest absolute Gasteiger partial charge is 0.487 e. The molecule has 0 aliphatic carbocycles. The van der Waals surface area contributed by atoms with Crippen LogP contribution in [-0.4, -0.2) is 80.9 Å². The first-order chi connectivity index (χ1) is 20.9. The highest BCUT2D eigenvalue weighted by atomic mass is 35.5. The Labute approximate surface area is 260 Å². The molecular weight excluding hydrogens is 612 g/mol. The highest BCUT2D eigenvalue weighted by molar-refractivity contribution is 7.92. The summed E-state index contributed by atoms with van der Waals surface area (Å²) in [6.45, 7) is 3.85. The number of carbonyl (C=O) groups is 2. The number of halogens is 1. The van der Waals surface area contributed by atoms with Gasteiger partial charge in [-0.2, -0.15) is 0 Å². The number of hydrogen-bond acceptors (Lipinski definition) is 8. The van der Waals surface area contributed by atoms with Crippen LogP contribution in [0, 0.1) is 5.92 Å². The summed E-state index contributed by atoms with van der Waals surface area (Å²) in [5.74, 6) is 0.694. The lowest BCUT2D eigenvalue weighted by Crippen LogP contribution is -2.50. The number of urea groups is 1. The molecule has 0 unspecified atom stereocenters. The van der Waals surface area contributed by atoms with E-state index in [2.05, 4.69) is 10.0 Å². The van der Waals surface area contributed by atoms with Crippen molar-refractivity contribution in [3.63, 3.8) is 0 Å². The van der Waals surface area contributed by atoms with Gasteiger partial charge in [-0.1, -0.05) is 18.5 Å². The number of benzene rings is 3. The van der Waals surface area contributed by atoms with Crippen LogP contribution in [0.15, 0.2) is 65.6 Å². The summed E-state index contributed by atoms with van der Waals surface area (Å²) in [5.41, 5.74) is 0.800. The number of rotatable bonds is 8. The number of nitrogens with zero attached hydrogens (tertiary/aromatic N) is 2. The Bertz CT molecular complexity index is 1650. The van der Waals surface area contributed by atoms with Crippen LogP contribution in [0.1, 0.15) is 24.2 Å². The molecule has 0 bridgehead atoms. The van der Waals surface area contributed by atoms with Crippen LogP contribution in [0.4, 0.5) is 16.2 Å². The van der Waals surface area contributed by atoms with Gasteiger partial charge in [-0.05, 0) is 61.5 Å². The summed E-state index contributed by atoms with van der Waals surface area (Å²) in [5, 5.41) is 13.2. The van der Waals surface area contributed by atoms with E-state index in [0.717, 1.165) is 0 Å². The van der Waals surface area contributed by atoms with E-state index in [0.29, 0.717) is 22.2 Å². The van der Waals surface area contributed by atoms with Gasteiger partial charge in [0, 0.05) is 42.0 Å². The van der Waals surface area contributed by atoms with Crippen LogP contribution in [0.3, 0.4) is 0 Å². The first-order valence-corrected chi connectivity index (χ1v) is 15.7. The zero-order valence-electron chi connectivity index (χ0n) is 24.3. The van der Waals surface area contributed by atoms with Gasteiger partial charge in [-0.15, -0.1) is 0 Å². The van der Waals surface area contributed by atoms with E-state index in [1.54, 1.807) is 32.2 Å². The number of nitrogens with one attached hydrogen (secondary N) is 2. The normalized spacial score (nSPS) is 18.4. The van der Waals surface area contributed by atoms with Gasteiger partial charge in [0.25, 0.3) is 15.9 Å². The Morgan fingerprint density at radius 2 is 1.75 bits per heavy atom. The summed E-state index contributed by atoms with van der Waals surface area (Å²) in [7, 11) is -2.35. The molecule has 0 fully saturated rings. The van der Waals surface area contributed by atoms with Crippen LogP contribution in [0.5, 0.6) is 17.2 Å². The number of anilines is 2. The SMILES string of the molecule is C[C@@H]1CN([C@H](C)CO)C(=O)c2cc(NS(=O)(=O)c3ccc(Cl)cc3)ccc2O[C@H]1CN(C)C(=O)Nc1ccc2c(c1)OCO2. The summed E-state index contributed by atoms with van der Waals surface area (Å²) < 4.78 is 45.5. The van der Waals surface area contributed by atoms with Gasteiger partial charge in [0.15, 0.2) is 11.5 Å². The molecule has 0 radical (unpaired) electrons. The second-order valence-corrected chi connectivity index (χ2v) is 12.9. The van der Waals surface area contributed by atoms with Crippen molar-refractivity contribution in [2.24, 2.45) is 5.92 Å². The lowest BCUT2D eigenvalue weighted by atomic mass is 9.99. The number of carbonyl (C=O) groups excluding carboxylic acids is 2. The monoisotopic (exact) mass is 644 g/mol. The average molecular weight is 645 g/mol. The molecule has 14 heteroatoms. The summed E-state index contributed by atoms with van der Waals surface area (Å²) >= 11 is 5.90. The fourth-order valence-electron chi connectivity index (χ4n) is 4.88. The molecule has 3 atom stereocenters. The molecule has 234 valence electrons. The Morgan fingerprint density at radius 3 is 2.48 bits per heavy atom. The maximum atomic E-state index is 13.7. The first-order valence-electron chi connectivity index (χ1n) is 13.9. The van der Waals surface area contributed by atoms with Crippen molar-refractivity contribution in [2.75, 3.05) is 43.6 Å². The van der Waals surface area contributed by atoms with Crippen molar-refractivity contribution < 1.29 is 37.3 Å². The van der Waals surface area contributed by atoms with Crippen molar-refractivity contribution >= 4 is 44.9 Å². The molecule has 12 nitrogen and oxygen atoms in total. The fourth-order valence-corrected chi connectivity index (χ4v) is 6.05. The van der Waals surface area contributed by atoms with Crippen molar-refractivity contribution in [1.29, 1.82) is 0 Å². The third-order valence-electron chi connectivity index (χ3n) is 7.47. The molecule has 5 rings (SSSR count). The van der Waals surface area contributed by atoms with E-state index in [1.165, 1.54) is 52.3 Å². The molecule has 3 N–H and O–H groups in total. The molecule has 0 spiro atoms. The lowest BCUT2D eigenvalue weighted by Gasteiger charge is -2.38. The predicted octanol–water partition coefficient (Wildman–Crippen LogP) is 4.25. The average Bonchev–Trinajstić information content (AvgIpc) is 3.47. The highest BCUT2D eigenvalue weighted by Crippen LogP contribution is 2.35. The van der Waals surface area contributed by atoms with E-state index >= 15 is 0 Å². The molecule has 2 heterocycles. The quantitative estimate of drug-likeness (QED) is 0.330. The predicted molar refractivity (Wildman–Crippen MR) is 164 cm³/mol. The second-order valence-electron chi connectivity index (χ2n) is 10.8. The minimum atomic E-state index is -3.98. The molecule has 0 saturated heterocycles. The van der Waals surface area contributed by atoms with E-state index < -0.39 is 28.1 Å². The number of aliphatic hydroxyl groups excluding tert-OH is 1. The zero-order valence-corrected chi connectivity index (χ0v) is 25.9. The molecule has 0 aromatic heterocycles. The number of likely N-dealkylation sites (N-methyl/N-ethyl adjacent to an activating group) is 1. The molecule has 2 aliphatic heterocycles. The number of aliphatic hydroxyl groups is 1. The van der Waals surface area contributed by atoms with Crippen molar-refractivity contribution in [2.45, 2.75) is 30.9 Å². The smallest absolute Gasteiger partial charge is 0.321 e. The topological polar surface area (TPSA) is 147 Å². The van der Waals surface area contributed by atoms with E-state index in [-0.39, 0.29) is 60.3 Å². The summed E-state index contributed by atoms with van der Waals surface area (Å²) in [6, 6.07) is 14.3. The fraction of sp³-hybridized carbons (Fsp3) is 0.333. The molecule has 3 amide bonds. The van der Waals surface area contributed by atoms with Gasteiger partial charge < -0.3 is 34.4 Å². The number of amides is 3. The van der Waals surface area contributed by atoms with Crippen LogP contribution in [0.25, 0.3) is 0 Å². The van der Waals surface area contributed by atoms with Crippen molar-refractivity contribution in [3.05, 3.63) is 71.2 Å². The Hall–Kier alpha value is -4.20. The van der Waals surface area contributed by atoms with Crippen LogP contribution >= 0.6 is 11.6 Å². The van der Waals surface area contributed by atoms with E-state index in [1.807, 2.05) is 6.92 Å². The summed E-state index contributed by atoms with van der Waals surface area (Å²) in [4.78, 5) is 29.8. The minimum Gasteiger partial charge on any atom is -0.487 e. The number of fused-ring (bicyclic) bond motifs is 2. The number of hydrogen-bond donors (Lipinski definition) is 3. The van der Waals surface area contributed by atoms with E-state index in [4.69, 9.17) is 25.8 Å². The molecule has 3 aromatic rings. The minimum absolute atomic E-state index is 0.00250. The third kappa shape index (κ3) is 6.79. The Morgan fingerprint density at radius 1 is 1.07 bits per heavy atom. The van der Waals surface area contributed by atoms with E-state index in [9.17, 15) is 23.1 Å².